The van der Waals surface area contributed by atoms with Crippen molar-refractivity contribution in [3.05, 3.63) is 34.7 Å². The third-order valence-electron chi connectivity index (χ3n) is 3.74. The van der Waals surface area contributed by atoms with E-state index < -0.39 is 0 Å². The lowest BCUT2D eigenvalue weighted by Crippen LogP contribution is -2.45. The smallest absolute Gasteiger partial charge is 0.226 e. The average Bonchev–Trinajstić information content (AvgIpc) is 2.94. The van der Waals surface area contributed by atoms with Crippen LogP contribution in [0.1, 0.15) is 23.5 Å². The number of hydrogen-bond donors (Lipinski definition) is 1. The average molecular weight is 317 g/mol. The van der Waals surface area contributed by atoms with Crippen LogP contribution in [0, 0.1) is 6.92 Å². The Labute approximate surface area is 133 Å². The van der Waals surface area contributed by atoms with Crippen molar-refractivity contribution in [2.45, 2.75) is 32.2 Å². The van der Waals surface area contributed by atoms with E-state index in [1.54, 1.807) is 29.9 Å². The number of rotatable bonds is 4. The van der Waals surface area contributed by atoms with E-state index in [0.717, 1.165) is 42.5 Å². The third kappa shape index (κ3) is 3.79. The first-order valence-corrected chi connectivity index (χ1v) is 8.30. The predicted octanol–water partition coefficient (Wildman–Crippen LogP) is 1.57. The highest BCUT2D eigenvalue weighted by molar-refractivity contribution is 7.09. The Hall–Kier alpha value is -2.02. The lowest BCUT2D eigenvalue weighted by molar-refractivity contribution is -0.121. The maximum atomic E-state index is 12.1. The number of carbonyl (C=O) groups excluding carboxylic acids is 1. The van der Waals surface area contributed by atoms with Gasteiger partial charge in [-0.2, -0.15) is 0 Å². The minimum Gasteiger partial charge on any atom is -0.355 e. The summed E-state index contributed by atoms with van der Waals surface area (Å²) in [7, 11) is 0. The molecule has 1 aliphatic heterocycles. The number of carbonyl (C=O) groups is 1. The summed E-state index contributed by atoms with van der Waals surface area (Å²) in [5, 5.41) is 6.06. The van der Waals surface area contributed by atoms with Gasteiger partial charge in [0, 0.05) is 36.9 Å². The Balaban J connectivity index is 1.46. The fraction of sp³-hybridized carbons (Fsp3) is 0.467. The van der Waals surface area contributed by atoms with Gasteiger partial charge in [0.05, 0.1) is 23.3 Å². The van der Waals surface area contributed by atoms with Gasteiger partial charge in [-0.05, 0) is 19.8 Å². The van der Waals surface area contributed by atoms with Crippen molar-refractivity contribution in [1.82, 2.24) is 20.3 Å². The standard InChI is InChI=1S/C15H19N5OS/c1-11-18-13(10-22-11)8-15(21)19-12-2-6-20(7-3-12)14-9-16-4-5-17-14/h4-5,9-10,12H,2-3,6-8H2,1H3,(H,19,21). The Bertz CT molecular complexity index is 622. The summed E-state index contributed by atoms with van der Waals surface area (Å²) in [5.74, 6) is 0.966. The van der Waals surface area contributed by atoms with Crippen LogP contribution in [0.25, 0.3) is 0 Å². The van der Waals surface area contributed by atoms with Gasteiger partial charge >= 0.3 is 0 Å². The molecule has 1 aliphatic rings. The summed E-state index contributed by atoms with van der Waals surface area (Å²) < 4.78 is 0. The first-order valence-electron chi connectivity index (χ1n) is 7.42. The molecule has 2 aromatic rings. The molecular formula is C15H19N5OS. The topological polar surface area (TPSA) is 71.0 Å². The maximum absolute atomic E-state index is 12.1. The third-order valence-corrected chi connectivity index (χ3v) is 4.56. The van der Waals surface area contributed by atoms with Crippen LogP contribution in [0.2, 0.25) is 0 Å². The van der Waals surface area contributed by atoms with E-state index in [1.807, 2.05) is 12.3 Å². The predicted molar refractivity (Wildman–Crippen MR) is 86.0 cm³/mol. The normalized spacial score (nSPS) is 15.8. The van der Waals surface area contributed by atoms with E-state index >= 15 is 0 Å². The molecule has 0 radical (unpaired) electrons. The molecule has 3 rings (SSSR count). The Morgan fingerprint density at radius 1 is 1.41 bits per heavy atom. The van der Waals surface area contributed by atoms with Gasteiger partial charge in [0.1, 0.15) is 5.82 Å². The molecule has 0 aromatic carbocycles. The number of hydrogen-bond acceptors (Lipinski definition) is 6. The molecule has 1 fully saturated rings. The monoisotopic (exact) mass is 317 g/mol. The van der Waals surface area contributed by atoms with Gasteiger partial charge in [0.25, 0.3) is 0 Å². The molecule has 22 heavy (non-hydrogen) atoms. The van der Waals surface area contributed by atoms with Crippen LogP contribution in [0.4, 0.5) is 5.82 Å². The molecule has 0 bridgehead atoms. The minimum absolute atomic E-state index is 0.0586. The molecule has 0 saturated carbocycles. The first-order chi connectivity index (χ1) is 10.7. The van der Waals surface area contributed by atoms with Crippen molar-refractivity contribution >= 4 is 23.1 Å². The highest BCUT2D eigenvalue weighted by Gasteiger charge is 2.21. The van der Waals surface area contributed by atoms with Crippen molar-refractivity contribution < 1.29 is 4.79 Å². The van der Waals surface area contributed by atoms with Crippen molar-refractivity contribution in [2.75, 3.05) is 18.0 Å². The molecule has 0 unspecified atom stereocenters. The van der Waals surface area contributed by atoms with Gasteiger partial charge in [-0.3, -0.25) is 9.78 Å². The lowest BCUT2D eigenvalue weighted by atomic mass is 10.0. The number of amides is 1. The molecule has 7 heteroatoms. The van der Waals surface area contributed by atoms with Crippen molar-refractivity contribution in [2.24, 2.45) is 0 Å². The fourth-order valence-corrected chi connectivity index (χ4v) is 3.25. The number of anilines is 1. The second-order valence-electron chi connectivity index (χ2n) is 5.43. The Morgan fingerprint density at radius 2 is 2.23 bits per heavy atom. The van der Waals surface area contributed by atoms with E-state index in [2.05, 4.69) is 25.2 Å². The zero-order valence-electron chi connectivity index (χ0n) is 12.5. The summed E-state index contributed by atoms with van der Waals surface area (Å²) >= 11 is 1.58. The van der Waals surface area contributed by atoms with Crippen LogP contribution < -0.4 is 10.2 Å². The number of thiazole rings is 1. The first kappa shape index (κ1) is 14.9. The molecule has 6 nitrogen and oxygen atoms in total. The highest BCUT2D eigenvalue weighted by atomic mass is 32.1. The van der Waals surface area contributed by atoms with E-state index in [1.165, 1.54) is 0 Å². The molecule has 0 aliphatic carbocycles. The lowest BCUT2D eigenvalue weighted by Gasteiger charge is -2.32. The summed E-state index contributed by atoms with van der Waals surface area (Å²) in [4.78, 5) is 27.0. The molecular weight excluding hydrogens is 298 g/mol. The molecule has 0 atom stereocenters. The van der Waals surface area contributed by atoms with E-state index in [-0.39, 0.29) is 11.9 Å². The molecule has 1 saturated heterocycles. The van der Waals surface area contributed by atoms with Gasteiger partial charge in [-0.15, -0.1) is 11.3 Å². The second kappa shape index (κ2) is 6.83. The molecule has 0 spiro atoms. The van der Waals surface area contributed by atoms with Gasteiger partial charge in [-0.25, -0.2) is 9.97 Å². The molecule has 116 valence electrons. The highest BCUT2D eigenvalue weighted by Crippen LogP contribution is 2.16. The number of nitrogens with zero attached hydrogens (tertiary/aromatic N) is 4. The van der Waals surface area contributed by atoms with Crippen LogP contribution in [-0.2, 0) is 11.2 Å². The van der Waals surface area contributed by atoms with Crippen molar-refractivity contribution in [3.63, 3.8) is 0 Å². The van der Waals surface area contributed by atoms with E-state index in [9.17, 15) is 4.79 Å². The molecule has 1 amide bonds. The Kier molecular flexibility index (Phi) is 4.62. The number of nitrogens with one attached hydrogen (secondary N) is 1. The second-order valence-corrected chi connectivity index (χ2v) is 6.49. The Morgan fingerprint density at radius 3 is 2.86 bits per heavy atom. The van der Waals surface area contributed by atoms with Gasteiger partial charge in [-0.1, -0.05) is 0 Å². The van der Waals surface area contributed by atoms with E-state index in [4.69, 9.17) is 0 Å². The zero-order valence-corrected chi connectivity index (χ0v) is 13.3. The number of piperidine rings is 1. The van der Waals surface area contributed by atoms with Crippen LogP contribution >= 0.6 is 11.3 Å². The van der Waals surface area contributed by atoms with Gasteiger partial charge in [0.2, 0.25) is 5.91 Å². The van der Waals surface area contributed by atoms with Gasteiger partial charge in [0.15, 0.2) is 0 Å². The summed E-state index contributed by atoms with van der Waals surface area (Å²) in [6.45, 7) is 3.73. The molecule has 2 aromatic heterocycles. The van der Waals surface area contributed by atoms with Crippen LogP contribution in [0.15, 0.2) is 24.0 Å². The quantitative estimate of drug-likeness (QED) is 0.927. The largest absolute Gasteiger partial charge is 0.355 e. The fourth-order valence-electron chi connectivity index (χ4n) is 2.64. The van der Waals surface area contributed by atoms with Crippen molar-refractivity contribution in [1.29, 1.82) is 0 Å². The van der Waals surface area contributed by atoms with Crippen LogP contribution in [-0.4, -0.2) is 40.0 Å². The van der Waals surface area contributed by atoms with Crippen LogP contribution in [0.3, 0.4) is 0 Å². The summed E-state index contributed by atoms with van der Waals surface area (Å²) in [6.07, 6.45) is 7.39. The zero-order chi connectivity index (χ0) is 15.4. The van der Waals surface area contributed by atoms with E-state index in [0.29, 0.717) is 6.42 Å². The minimum atomic E-state index is 0.0586. The van der Waals surface area contributed by atoms with Crippen LogP contribution in [0.5, 0.6) is 0 Å². The molecule has 1 N–H and O–H groups in total. The van der Waals surface area contributed by atoms with Gasteiger partial charge < -0.3 is 10.2 Å². The number of aryl methyl sites for hydroxylation is 1. The summed E-state index contributed by atoms with van der Waals surface area (Å²) in [6, 6.07) is 0.236. The van der Waals surface area contributed by atoms with Crippen molar-refractivity contribution in [3.8, 4) is 0 Å². The molecule has 3 heterocycles. The maximum Gasteiger partial charge on any atom is 0.226 e. The number of aromatic nitrogens is 3. The SMILES string of the molecule is Cc1nc(CC(=O)NC2CCN(c3cnccn3)CC2)cs1. The summed E-state index contributed by atoms with van der Waals surface area (Å²) in [5.41, 5.74) is 0.858.